The summed E-state index contributed by atoms with van der Waals surface area (Å²) < 4.78 is 0. The zero-order chi connectivity index (χ0) is 18.8. The van der Waals surface area contributed by atoms with Crippen LogP contribution < -0.4 is 5.32 Å². The van der Waals surface area contributed by atoms with E-state index in [0.29, 0.717) is 11.5 Å². The molecule has 2 amide bonds. The number of rotatable bonds is 3. The highest BCUT2D eigenvalue weighted by atomic mass is 16.4. The van der Waals surface area contributed by atoms with Crippen molar-refractivity contribution in [1.82, 2.24) is 9.88 Å². The lowest BCUT2D eigenvalue weighted by molar-refractivity contribution is -0.121. The van der Waals surface area contributed by atoms with Gasteiger partial charge in [0.05, 0.1) is 0 Å². The van der Waals surface area contributed by atoms with Crippen molar-refractivity contribution >= 4 is 28.6 Å². The topological polar surface area (TPSA) is 82.5 Å². The first-order chi connectivity index (χ1) is 11.6. The summed E-state index contributed by atoms with van der Waals surface area (Å²) in [5.74, 6) is 2.34. The molecule has 2 rings (SSSR count). The van der Waals surface area contributed by atoms with E-state index in [-0.39, 0.29) is 0 Å². The van der Waals surface area contributed by atoms with Gasteiger partial charge in [0, 0.05) is 10.9 Å². The number of terminal acetylenes is 1. The number of pyridine rings is 1. The normalized spacial score (nSPS) is 12.3. The van der Waals surface area contributed by atoms with Crippen LogP contribution in [-0.2, 0) is 4.79 Å². The summed E-state index contributed by atoms with van der Waals surface area (Å²) in [7, 11) is 0. The summed E-state index contributed by atoms with van der Waals surface area (Å²) in [5, 5.41) is 13.8. The molecule has 0 saturated heterocycles. The number of hydrogen-bond acceptors (Lipinski definition) is 3. The van der Waals surface area contributed by atoms with Crippen molar-refractivity contribution in [2.24, 2.45) is 0 Å². The highest BCUT2D eigenvalue weighted by Crippen LogP contribution is 2.22. The third kappa shape index (κ3) is 3.89. The second-order valence-corrected chi connectivity index (χ2v) is 6.71. The van der Waals surface area contributed by atoms with Gasteiger partial charge in [0.25, 0.3) is 0 Å². The van der Waals surface area contributed by atoms with Crippen molar-refractivity contribution in [3.8, 4) is 12.3 Å². The van der Waals surface area contributed by atoms with Crippen molar-refractivity contribution in [2.45, 2.75) is 39.3 Å². The maximum atomic E-state index is 12.5. The summed E-state index contributed by atoms with van der Waals surface area (Å²) in [5.41, 5.74) is -0.296. The molecular weight excluding hydrogens is 318 g/mol. The first-order valence-electron chi connectivity index (χ1n) is 7.84. The molecule has 0 aliphatic carbocycles. The summed E-state index contributed by atoms with van der Waals surface area (Å²) >= 11 is 0. The molecule has 6 nitrogen and oxygen atoms in total. The third-order valence-corrected chi connectivity index (χ3v) is 3.82. The van der Waals surface area contributed by atoms with Crippen LogP contribution in [0.5, 0.6) is 0 Å². The summed E-state index contributed by atoms with van der Waals surface area (Å²) in [6.45, 7) is 6.73. The Labute approximate surface area is 146 Å². The van der Waals surface area contributed by atoms with Crippen LogP contribution in [0, 0.1) is 12.3 Å². The van der Waals surface area contributed by atoms with Gasteiger partial charge in [-0.25, -0.2) is 9.78 Å². The number of aromatic nitrogens is 1. The fraction of sp³-hybridized carbons (Fsp3) is 0.316. The van der Waals surface area contributed by atoms with Crippen molar-refractivity contribution in [2.75, 3.05) is 5.32 Å². The van der Waals surface area contributed by atoms with E-state index >= 15 is 0 Å². The second kappa shape index (κ2) is 6.81. The van der Waals surface area contributed by atoms with Crippen LogP contribution in [0.3, 0.4) is 0 Å². The van der Waals surface area contributed by atoms with Gasteiger partial charge in [0.2, 0.25) is 5.91 Å². The van der Waals surface area contributed by atoms with Crippen LogP contribution in [0.4, 0.5) is 10.6 Å². The standard InChI is InChI=1S/C19H21N3O3/c1-6-15-14-10-8-7-9-13(14)11-16(20-15)21-17(23)12(2)22(18(24)25)19(3,4)5/h1,7-12H,2-5H3,(H,24,25)(H,20,21,23). The average molecular weight is 339 g/mol. The second-order valence-electron chi connectivity index (χ2n) is 6.71. The van der Waals surface area contributed by atoms with Crippen molar-refractivity contribution in [3.63, 3.8) is 0 Å². The monoisotopic (exact) mass is 339 g/mol. The van der Waals surface area contributed by atoms with Crippen molar-refractivity contribution in [3.05, 3.63) is 36.0 Å². The Morgan fingerprint density at radius 1 is 1.32 bits per heavy atom. The molecule has 2 aromatic rings. The number of hydrogen-bond donors (Lipinski definition) is 2. The molecule has 0 saturated carbocycles. The molecule has 1 atom stereocenters. The molecule has 1 unspecified atom stereocenters. The molecule has 1 aromatic carbocycles. The average Bonchev–Trinajstić information content (AvgIpc) is 2.52. The Hall–Kier alpha value is -3.07. The summed E-state index contributed by atoms with van der Waals surface area (Å²) in [6, 6.07) is 8.28. The smallest absolute Gasteiger partial charge is 0.408 e. The maximum absolute atomic E-state index is 12.5. The number of nitrogens with one attached hydrogen (secondary N) is 1. The summed E-state index contributed by atoms with van der Waals surface area (Å²) in [4.78, 5) is 29.4. The molecule has 130 valence electrons. The molecule has 6 heteroatoms. The first kappa shape index (κ1) is 18.3. The number of carbonyl (C=O) groups is 2. The Balaban J connectivity index is 2.33. The van der Waals surface area contributed by atoms with Gasteiger partial charge in [-0.15, -0.1) is 6.42 Å². The highest BCUT2D eigenvalue weighted by molar-refractivity contribution is 5.98. The number of anilines is 1. The molecule has 0 aliphatic rings. The minimum absolute atomic E-state index is 0.294. The number of carboxylic acid groups (broad SMARTS) is 1. The predicted octanol–water partition coefficient (Wildman–Crippen LogP) is 3.32. The van der Waals surface area contributed by atoms with E-state index in [9.17, 15) is 14.7 Å². The largest absolute Gasteiger partial charge is 0.465 e. The van der Waals surface area contributed by atoms with Crippen LogP contribution >= 0.6 is 0 Å². The Kier molecular flexibility index (Phi) is 4.98. The lowest BCUT2D eigenvalue weighted by Crippen LogP contribution is -2.54. The van der Waals surface area contributed by atoms with E-state index in [2.05, 4.69) is 16.2 Å². The predicted molar refractivity (Wildman–Crippen MR) is 97.4 cm³/mol. The maximum Gasteiger partial charge on any atom is 0.408 e. The third-order valence-electron chi connectivity index (χ3n) is 3.82. The van der Waals surface area contributed by atoms with Crippen molar-refractivity contribution in [1.29, 1.82) is 0 Å². The molecule has 0 radical (unpaired) electrons. The van der Waals surface area contributed by atoms with Crippen LogP contribution in [-0.4, -0.2) is 38.6 Å². The minimum atomic E-state index is -1.16. The van der Waals surface area contributed by atoms with Gasteiger partial charge < -0.3 is 10.4 Å². The number of fused-ring (bicyclic) bond motifs is 1. The van der Waals surface area contributed by atoms with Gasteiger partial charge in [0.15, 0.2) is 0 Å². The van der Waals surface area contributed by atoms with Gasteiger partial charge in [0.1, 0.15) is 17.6 Å². The van der Waals surface area contributed by atoms with Crippen LogP contribution in [0.1, 0.15) is 33.4 Å². The fourth-order valence-corrected chi connectivity index (χ4v) is 2.75. The van der Waals surface area contributed by atoms with E-state index < -0.39 is 23.6 Å². The molecule has 0 fully saturated rings. The van der Waals surface area contributed by atoms with Gasteiger partial charge in [-0.05, 0) is 45.1 Å². The van der Waals surface area contributed by atoms with E-state index in [1.54, 1.807) is 26.8 Å². The molecular formula is C19H21N3O3. The lowest BCUT2D eigenvalue weighted by atomic mass is 10.0. The lowest BCUT2D eigenvalue weighted by Gasteiger charge is -2.37. The fourth-order valence-electron chi connectivity index (χ4n) is 2.75. The van der Waals surface area contributed by atoms with Crippen LogP contribution in [0.25, 0.3) is 10.8 Å². The van der Waals surface area contributed by atoms with Crippen LogP contribution in [0.2, 0.25) is 0 Å². The van der Waals surface area contributed by atoms with Gasteiger partial charge in [-0.3, -0.25) is 9.69 Å². The Morgan fingerprint density at radius 3 is 2.52 bits per heavy atom. The highest BCUT2D eigenvalue weighted by Gasteiger charge is 2.34. The van der Waals surface area contributed by atoms with Gasteiger partial charge in [-0.2, -0.15) is 0 Å². The number of amides is 2. The molecule has 1 aromatic heterocycles. The van der Waals surface area contributed by atoms with E-state index in [0.717, 1.165) is 15.7 Å². The molecule has 0 bridgehead atoms. The van der Waals surface area contributed by atoms with Gasteiger partial charge >= 0.3 is 6.09 Å². The van der Waals surface area contributed by atoms with Gasteiger partial charge in [-0.1, -0.05) is 24.3 Å². The minimum Gasteiger partial charge on any atom is -0.465 e. The first-order valence-corrected chi connectivity index (χ1v) is 7.84. The molecule has 2 N–H and O–H groups in total. The molecule has 25 heavy (non-hydrogen) atoms. The summed E-state index contributed by atoms with van der Waals surface area (Å²) in [6.07, 6.45) is 4.35. The number of carbonyl (C=O) groups excluding carboxylic acids is 1. The molecule has 0 aliphatic heterocycles. The van der Waals surface area contributed by atoms with E-state index in [1.807, 2.05) is 24.3 Å². The van der Waals surface area contributed by atoms with E-state index in [4.69, 9.17) is 6.42 Å². The zero-order valence-corrected chi connectivity index (χ0v) is 14.7. The van der Waals surface area contributed by atoms with E-state index in [1.165, 1.54) is 6.92 Å². The Morgan fingerprint density at radius 2 is 1.96 bits per heavy atom. The number of nitrogens with zero attached hydrogens (tertiary/aromatic N) is 2. The quantitative estimate of drug-likeness (QED) is 0.840. The Bertz CT molecular complexity index is 862. The molecule has 1 heterocycles. The van der Waals surface area contributed by atoms with Crippen LogP contribution in [0.15, 0.2) is 30.3 Å². The number of benzene rings is 1. The zero-order valence-electron chi connectivity index (χ0n) is 14.7. The molecule has 0 spiro atoms. The van der Waals surface area contributed by atoms with Crippen molar-refractivity contribution < 1.29 is 14.7 Å². The SMILES string of the molecule is C#Cc1nc(NC(=O)C(C)N(C(=O)O)C(C)(C)C)cc2ccccc12.